The second-order valence-electron chi connectivity index (χ2n) is 4.55. The summed E-state index contributed by atoms with van der Waals surface area (Å²) in [6.07, 6.45) is 2.08. The molecule has 0 bridgehead atoms. The Morgan fingerprint density at radius 1 is 1.39 bits per heavy atom. The molecular formula is C13H16N2O3. The number of carboxylic acid groups (broad SMARTS) is 1. The average molecular weight is 248 g/mol. The number of aryl methyl sites for hydroxylation is 1. The highest BCUT2D eigenvalue weighted by atomic mass is 16.4. The molecule has 1 aromatic rings. The summed E-state index contributed by atoms with van der Waals surface area (Å²) < 4.78 is 0. The van der Waals surface area contributed by atoms with Gasteiger partial charge in [-0.2, -0.15) is 0 Å². The Hall–Kier alpha value is -2.04. The summed E-state index contributed by atoms with van der Waals surface area (Å²) in [6.45, 7) is 1.97. The standard InChI is InChI=1S/C13H16N2O3/c1-8-2-5-10(13(17)18)11(6-8)14-7-12(16)15-9-3-4-9/h2,5-6,9,14H,3-4,7H2,1H3,(H,15,16)(H,17,18). The molecule has 1 saturated carbocycles. The maximum absolute atomic E-state index is 11.5. The van der Waals surface area contributed by atoms with Crippen molar-refractivity contribution in [1.29, 1.82) is 0 Å². The molecule has 3 N–H and O–H groups in total. The third kappa shape index (κ3) is 3.23. The van der Waals surface area contributed by atoms with Crippen molar-refractivity contribution >= 4 is 17.6 Å². The van der Waals surface area contributed by atoms with Gasteiger partial charge in [-0.05, 0) is 37.5 Å². The maximum atomic E-state index is 11.5. The van der Waals surface area contributed by atoms with E-state index in [9.17, 15) is 9.59 Å². The first-order valence-corrected chi connectivity index (χ1v) is 5.93. The van der Waals surface area contributed by atoms with Gasteiger partial charge in [0.15, 0.2) is 0 Å². The van der Waals surface area contributed by atoms with Gasteiger partial charge in [0.1, 0.15) is 0 Å². The summed E-state index contributed by atoms with van der Waals surface area (Å²) in [6, 6.07) is 5.32. The summed E-state index contributed by atoms with van der Waals surface area (Å²) >= 11 is 0. The second kappa shape index (κ2) is 5.08. The zero-order chi connectivity index (χ0) is 13.1. The summed E-state index contributed by atoms with van der Waals surface area (Å²) in [5.41, 5.74) is 1.61. The van der Waals surface area contributed by atoms with E-state index in [1.165, 1.54) is 0 Å². The number of anilines is 1. The normalized spacial score (nSPS) is 14.1. The zero-order valence-electron chi connectivity index (χ0n) is 10.2. The van der Waals surface area contributed by atoms with Crippen molar-refractivity contribution in [2.24, 2.45) is 0 Å². The molecule has 0 atom stereocenters. The lowest BCUT2D eigenvalue weighted by Gasteiger charge is -2.10. The Balaban J connectivity index is 2.00. The van der Waals surface area contributed by atoms with Crippen molar-refractivity contribution in [1.82, 2.24) is 5.32 Å². The zero-order valence-corrected chi connectivity index (χ0v) is 10.2. The summed E-state index contributed by atoms with van der Waals surface area (Å²) in [4.78, 5) is 22.5. The van der Waals surface area contributed by atoms with Gasteiger partial charge in [-0.25, -0.2) is 4.79 Å². The van der Waals surface area contributed by atoms with Crippen molar-refractivity contribution in [2.45, 2.75) is 25.8 Å². The number of carboxylic acids is 1. The molecule has 1 aliphatic carbocycles. The quantitative estimate of drug-likeness (QED) is 0.735. The van der Waals surface area contributed by atoms with Crippen LogP contribution >= 0.6 is 0 Å². The molecule has 5 heteroatoms. The molecule has 0 saturated heterocycles. The smallest absolute Gasteiger partial charge is 0.337 e. The Bertz CT molecular complexity index is 481. The number of amides is 1. The topological polar surface area (TPSA) is 78.4 Å². The predicted molar refractivity (Wildman–Crippen MR) is 67.8 cm³/mol. The van der Waals surface area contributed by atoms with E-state index in [4.69, 9.17) is 5.11 Å². The predicted octanol–water partition coefficient (Wildman–Crippen LogP) is 1.38. The number of aromatic carboxylic acids is 1. The lowest BCUT2D eigenvalue weighted by atomic mass is 10.1. The van der Waals surface area contributed by atoms with Crippen LogP contribution in [0.4, 0.5) is 5.69 Å². The first kappa shape index (κ1) is 12.4. The Morgan fingerprint density at radius 3 is 2.72 bits per heavy atom. The molecule has 2 rings (SSSR count). The minimum Gasteiger partial charge on any atom is -0.478 e. The van der Waals surface area contributed by atoms with Crippen LogP contribution in [0.25, 0.3) is 0 Å². The molecule has 96 valence electrons. The molecular weight excluding hydrogens is 232 g/mol. The summed E-state index contributed by atoms with van der Waals surface area (Å²) in [5.74, 6) is -1.10. The minimum atomic E-state index is -1.000. The lowest BCUT2D eigenvalue weighted by molar-refractivity contribution is -0.119. The number of carbonyl (C=O) groups is 2. The number of nitrogens with one attached hydrogen (secondary N) is 2. The molecule has 0 unspecified atom stereocenters. The fourth-order valence-electron chi connectivity index (χ4n) is 1.67. The SMILES string of the molecule is Cc1ccc(C(=O)O)c(NCC(=O)NC2CC2)c1. The van der Waals surface area contributed by atoms with Crippen LogP contribution in [-0.4, -0.2) is 29.6 Å². The van der Waals surface area contributed by atoms with E-state index < -0.39 is 5.97 Å². The molecule has 0 aromatic heterocycles. The van der Waals surface area contributed by atoms with Gasteiger partial charge in [-0.3, -0.25) is 4.79 Å². The molecule has 18 heavy (non-hydrogen) atoms. The van der Waals surface area contributed by atoms with Gasteiger partial charge in [0.25, 0.3) is 0 Å². The number of benzene rings is 1. The number of rotatable bonds is 5. The van der Waals surface area contributed by atoms with Crippen molar-refractivity contribution in [3.63, 3.8) is 0 Å². The summed E-state index contributed by atoms with van der Waals surface area (Å²) in [7, 11) is 0. The van der Waals surface area contributed by atoms with Crippen LogP contribution in [0, 0.1) is 6.92 Å². The van der Waals surface area contributed by atoms with E-state index in [1.54, 1.807) is 18.2 Å². The largest absolute Gasteiger partial charge is 0.478 e. The molecule has 1 aromatic carbocycles. The fraction of sp³-hybridized carbons (Fsp3) is 0.385. The van der Waals surface area contributed by atoms with E-state index in [0.29, 0.717) is 11.7 Å². The molecule has 5 nitrogen and oxygen atoms in total. The van der Waals surface area contributed by atoms with Crippen LogP contribution in [0.1, 0.15) is 28.8 Å². The lowest BCUT2D eigenvalue weighted by Crippen LogP contribution is -2.31. The first-order chi connectivity index (χ1) is 8.56. The Kier molecular flexibility index (Phi) is 3.50. The maximum Gasteiger partial charge on any atom is 0.337 e. The average Bonchev–Trinajstić information content (AvgIpc) is 3.10. The van der Waals surface area contributed by atoms with Crippen LogP contribution < -0.4 is 10.6 Å². The number of carbonyl (C=O) groups excluding carboxylic acids is 1. The van der Waals surface area contributed by atoms with Crippen molar-refractivity contribution < 1.29 is 14.7 Å². The third-order valence-electron chi connectivity index (χ3n) is 2.79. The van der Waals surface area contributed by atoms with Crippen LogP contribution in [0.5, 0.6) is 0 Å². The van der Waals surface area contributed by atoms with Gasteiger partial charge in [0.2, 0.25) is 5.91 Å². The third-order valence-corrected chi connectivity index (χ3v) is 2.79. The molecule has 1 amide bonds. The minimum absolute atomic E-state index is 0.0975. The van der Waals surface area contributed by atoms with E-state index >= 15 is 0 Å². The van der Waals surface area contributed by atoms with Crippen LogP contribution in [-0.2, 0) is 4.79 Å². The second-order valence-corrected chi connectivity index (χ2v) is 4.55. The highest BCUT2D eigenvalue weighted by Crippen LogP contribution is 2.19. The molecule has 0 spiro atoms. The van der Waals surface area contributed by atoms with E-state index in [-0.39, 0.29) is 18.0 Å². The molecule has 1 fully saturated rings. The van der Waals surface area contributed by atoms with Crippen molar-refractivity contribution in [3.05, 3.63) is 29.3 Å². The van der Waals surface area contributed by atoms with E-state index in [2.05, 4.69) is 10.6 Å². The van der Waals surface area contributed by atoms with Gasteiger partial charge in [-0.1, -0.05) is 6.07 Å². The van der Waals surface area contributed by atoms with Crippen LogP contribution in [0.3, 0.4) is 0 Å². The van der Waals surface area contributed by atoms with E-state index in [1.807, 2.05) is 6.92 Å². The molecule has 1 aliphatic rings. The van der Waals surface area contributed by atoms with Gasteiger partial charge < -0.3 is 15.7 Å². The highest BCUT2D eigenvalue weighted by molar-refractivity contribution is 5.95. The van der Waals surface area contributed by atoms with Gasteiger partial charge in [0, 0.05) is 11.7 Å². The van der Waals surface area contributed by atoms with Crippen molar-refractivity contribution in [3.8, 4) is 0 Å². The van der Waals surface area contributed by atoms with Crippen LogP contribution in [0.2, 0.25) is 0 Å². The molecule has 0 heterocycles. The molecule has 0 aliphatic heterocycles. The highest BCUT2D eigenvalue weighted by Gasteiger charge is 2.23. The monoisotopic (exact) mass is 248 g/mol. The van der Waals surface area contributed by atoms with Crippen LogP contribution in [0.15, 0.2) is 18.2 Å². The summed E-state index contributed by atoms with van der Waals surface area (Å²) in [5, 5.41) is 14.8. The van der Waals surface area contributed by atoms with Crippen molar-refractivity contribution in [2.75, 3.05) is 11.9 Å². The Morgan fingerprint density at radius 2 is 2.11 bits per heavy atom. The first-order valence-electron chi connectivity index (χ1n) is 5.93. The molecule has 0 radical (unpaired) electrons. The van der Waals surface area contributed by atoms with E-state index in [0.717, 1.165) is 18.4 Å². The number of hydrogen-bond acceptors (Lipinski definition) is 3. The van der Waals surface area contributed by atoms with Gasteiger partial charge in [0.05, 0.1) is 12.1 Å². The van der Waals surface area contributed by atoms with Gasteiger partial charge in [-0.15, -0.1) is 0 Å². The fourth-order valence-corrected chi connectivity index (χ4v) is 1.67. The van der Waals surface area contributed by atoms with Gasteiger partial charge >= 0.3 is 5.97 Å². The Labute approximate surface area is 105 Å². The number of hydrogen-bond donors (Lipinski definition) is 3.